The molecule has 2 rings (SSSR count). The molecule has 0 N–H and O–H groups in total. The summed E-state index contributed by atoms with van der Waals surface area (Å²) in [6.07, 6.45) is 0.620. The van der Waals surface area contributed by atoms with Crippen molar-refractivity contribution in [2.75, 3.05) is 19.0 Å². The van der Waals surface area contributed by atoms with Crippen LogP contribution in [-0.2, 0) is 25.1 Å². The van der Waals surface area contributed by atoms with E-state index in [2.05, 4.69) is 0 Å². The lowest BCUT2D eigenvalue weighted by Gasteiger charge is -2.07. The van der Waals surface area contributed by atoms with Crippen LogP contribution in [0.5, 0.6) is 0 Å². The van der Waals surface area contributed by atoms with Gasteiger partial charge in [0.25, 0.3) is 0 Å². The number of ketones is 1. The molecular formula is C13H15ClO4S. The smallest absolute Gasteiger partial charge is 0.161 e. The van der Waals surface area contributed by atoms with E-state index in [1.54, 1.807) is 24.3 Å². The number of Topliss-reactive ketones (excluding diaryl/α,β-unsaturated/α-hetero) is 1. The van der Waals surface area contributed by atoms with E-state index in [1.165, 1.54) is 0 Å². The average Bonchev–Trinajstić information content (AvgIpc) is 2.85. The zero-order chi connectivity index (χ0) is 13.9. The third-order valence-corrected chi connectivity index (χ3v) is 4.80. The van der Waals surface area contributed by atoms with Gasteiger partial charge in [0.05, 0.1) is 12.4 Å². The van der Waals surface area contributed by atoms with Gasteiger partial charge in [0.1, 0.15) is 5.75 Å². The van der Waals surface area contributed by atoms with Crippen LogP contribution in [0.2, 0.25) is 5.02 Å². The normalized spacial score (nSPS) is 19.5. The Morgan fingerprint density at radius 2 is 2.00 bits per heavy atom. The van der Waals surface area contributed by atoms with E-state index >= 15 is 0 Å². The molecule has 1 heterocycles. The molecule has 1 saturated heterocycles. The second-order valence-electron chi connectivity index (χ2n) is 4.69. The standard InChI is InChI=1S/C13H15ClO4S/c14-12-3-1-10(2-4-12)8-19(16,17)9-13(15)11-5-6-18-7-11/h1-4,11H,5-9H2. The highest BCUT2D eigenvalue weighted by molar-refractivity contribution is 7.91. The van der Waals surface area contributed by atoms with Crippen molar-refractivity contribution in [2.45, 2.75) is 12.2 Å². The highest BCUT2D eigenvalue weighted by Crippen LogP contribution is 2.17. The first kappa shape index (κ1) is 14.5. The maximum Gasteiger partial charge on any atom is 0.161 e. The van der Waals surface area contributed by atoms with Gasteiger partial charge in [-0.15, -0.1) is 0 Å². The summed E-state index contributed by atoms with van der Waals surface area (Å²) in [7, 11) is -3.43. The van der Waals surface area contributed by atoms with Crippen LogP contribution in [0.4, 0.5) is 0 Å². The van der Waals surface area contributed by atoms with Gasteiger partial charge < -0.3 is 4.74 Å². The van der Waals surface area contributed by atoms with Crippen molar-refractivity contribution in [3.63, 3.8) is 0 Å². The van der Waals surface area contributed by atoms with E-state index in [4.69, 9.17) is 16.3 Å². The van der Waals surface area contributed by atoms with Crippen molar-refractivity contribution in [3.8, 4) is 0 Å². The van der Waals surface area contributed by atoms with Crippen molar-refractivity contribution in [3.05, 3.63) is 34.9 Å². The number of hydrogen-bond donors (Lipinski definition) is 0. The molecule has 19 heavy (non-hydrogen) atoms. The molecule has 6 heteroatoms. The minimum Gasteiger partial charge on any atom is -0.381 e. The summed E-state index contributed by atoms with van der Waals surface area (Å²) in [6, 6.07) is 6.59. The van der Waals surface area contributed by atoms with Crippen LogP contribution < -0.4 is 0 Å². The van der Waals surface area contributed by atoms with Crippen LogP contribution in [0.25, 0.3) is 0 Å². The number of sulfone groups is 1. The predicted octanol–water partition coefficient (Wildman–Crippen LogP) is 1.86. The molecule has 0 aliphatic carbocycles. The van der Waals surface area contributed by atoms with Gasteiger partial charge >= 0.3 is 0 Å². The van der Waals surface area contributed by atoms with Crippen LogP contribution >= 0.6 is 11.6 Å². The van der Waals surface area contributed by atoms with Crippen LogP contribution in [0.15, 0.2) is 24.3 Å². The molecule has 1 aliphatic heterocycles. The third-order valence-electron chi connectivity index (χ3n) is 3.05. The van der Waals surface area contributed by atoms with Gasteiger partial charge in [0.15, 0.2) is 15.6 Å². The topological polar surface area (TPSA) is 60.4 Å². The molecule has 0 radical (unpaired) electrons. The Kier molecular flexibility index (Phi) is 4.60. The van der Waals surface area contributed by atoms with E-state index < -0.39 is 15.6 Å². The van der Waals surface area contributed by atoms with Gasteiger partial charge in [-0.2, -0.15) is 0 Å². The Morgan fingerprint density at radius 3 is 2.58 bits per heavy atom. The maximum absolute atomic E-state index is 12.0. The summed E-state index contributed by atoms with van der Waals surface area (Å²) in [5.41, 5.74) is 0.639. The number of hydrogen-bond acceptors (Lipinski definition) is 4. The van der Waals surface area contributed by atoms with Crippen LogP contribution in [0.1, 0.15) is 12.0 Å². The lowest BCUT2D eigenvalue weighted by molar-refractivity contribution is -0.120. The molecule has 0 aromatic heterocycles. The summed E-state index contributed by atoms with van der Waals surface area (Å²) in [5.74, 6) is -1.06. The Labute approximate surface area is 117 Å². The second kappa shape index (κ2) is 6.03. The van der Waals surface area contributed by atoms with E-state index in [0.29, 0.717) is 30.2 Å². The summed E-state index contributed by atoms with van der Waals surface area (Å²) >= 11 is 5.74. The fraction of sp³-hybridized carbons (Fsp3) is 0.462. The molecule has 1 aromatic rings. The minimum atomic E-state index is -3.43. The van der Waals surface area contributed by atoms with Gasteiger partial charge in [-0.1, -0.05) is 23.7 Å². The quantitative estimate of drug-likeness (QED) is 0.833. The predicted molar refractivity (Wildman–Crippen MR) is 72.9 cm³/mol. The van der Waals surface area contributed by atoms with Gasteiger partial charge in [-0.3, -0.25) is 4.79 Å². The molecule has 1 aromatic carbocycles. The zero-order valence-corrected chi connectivity index (χ0v) is 11.9. The second-order valence-corrected chi connectivity index (χ2v) is 7.19. The van der Waals surface area contributed by atoms with E-state index in [-0.39, 0.29) is 17.5 Å². The molecule has 0 bridgehead atoms. The molecule has 1 atom stereocenters. The van der Waals surface area contributed by atoms with Gasteiger partial charge in [0, 0.05) is 17.5 Å². The summed E-state index contributed by atoms with van der Waals surface area (Å²) < 4.78 is 29.0. The number of halogens is 1. The molecule has 1 aliphatic rings. The van der Waals surface area contributed by atoms with Gasteiger partial charge in [0.2, 0.25) is 0 Å². The molecule has 4 nitrogen and oxygen atoms in total. The Bertz CT molecular complexity index is 545. The van der Waals surface area contributed by atoms with Gasteiger partial charge in [-0.25, -0.2) is 8.42 Å². The average molecular weight is 303 g/mol. The largest absolute Gasteiger partial charge is 0.381 e. The molecule has 0 spiro atoms. The third kappa shape index (κ3) is 4.30. The summed E-state index contributed by atoms with van der Waals surface area (Å²) in [6.45, 7) is 0.878. The first-order chi connectivity index (χ1) is 8.96. The highest BCUT2D eigenvalue weighted by atomic mass is 35.5. The molecule has 104 valence electrons. The van der Waals surface area contributed by atoms with Gasteiger partial charge in [-0.05, 0) is 24.1 Å². The lowest BCUT2D eigenvalue weighted by Crippen LogP contribution is -2.24. The molecule has 1 fully saturated rings. The summed E-state index contributed by atoms with van der Waals surface area (Å²) in [4.78, 5) is 11.8. The zero-order valence-electron chi connectivity index (χ0n) is 10.3. The molecular weight excluding hydrogens is 288 g/mol. The van der Waals surface area contributed by atoms with Crippen molar-refractivity contribution in [1.29, 1.82) is 0 Å². The number of carbonyl (C=O) groups is 1. The fourth-order valence-corrected chi connectivity index (χ4v) is 3.61. The first-order valence-electron chi connectivity index (χ1n) is 6.01. The number of benzene rings is 1. The monoisotopic (exact) mass is 302 g/mol. The van der Waals surface area contributed by atoms with Crippen LogP contribution in [0.3, 0.4) is 0 Å². The van der Waals surface area contributed by atoms with E-state index in [1.807, 2.05) is 0 Å². The number of ether oxygens (including phenoxy) is 1. The van der Waals surface area contributed by atoms with E-state index in [9.17, 15) is 13.2 Å². The first-order valence-corrected chi connectivity index (χ1v) is 8.21. The van der Waals surface area contributed by atoms with Crippen LogP contribution in [-0.4, -0.2) is 33.2 Å². The number of rotatable bonds is 5. The van der Waals surface area contributed by atoms with Crippen molar-refractivity contribution < 1.29 is 17.9 Å². The van der Waals surface area contributed by atoms with Crippen molar-refractivity contribution in [1.82, 2.24) is 0 Å². The minimum absolute atomic E-state index is 0.135. The Hall–Kier alpha value is -0.910. The molecule has 0 saturated carbocycles. The molecule has 1 unspecified atom stereocenters. The Morgan fingerprint density at radius 1 is 1.32 bits per heavy atom. The maximum atomic E-state index is 12.0. The van der Waals surface area contributed by atoms with Crippen molar-refractivity contribution >= 4 is 27.2 Å². The summed E-state index contributed by atoms with van der Waals surface area (Å²) in [5, 5.41) is 0.556. The van der Waals surface area contributed by atoms with E-state index in [0.717, 1.165) is 0 Å². The highest BCUT2D eigenvalue weighted by Gasteiger charge is 2.27. The SMILES string of the molecule is O=C(CS(=O)(=O)Cc1ccc(Cl)cc1)C1CCOC1. The number of carbonyl (C=O) groups excluding carboxylic acids is 1. The van der Waals surface area contributed by atoms with Crippen molar-refractivity contribution in [2.24, 2.45) is 5.92 Å². The van der Waals surface area contributed by atoms with Crippen LogP contribution in [0, 0.1) is 5.92 Å². The molecule has 0 amide bonds. The fourth-order valence-electron chi connectivity index (χ4n) is 2.01. The lowest BCUT2D eigenvalue weighted by atomic mass is 10.1. The Balaban J connectivity index is 1.98.